The van der Waals surface area contributed by atoms with Crippen molar-refractivity contribution in [3.8, 4) is 22.5 Å². The summed E-state index contributed by atoms with van der Waals surface area (Å²) in [7, 11) is 0. The van der Waals surface area contributed by atoms with Crippen LogP contribution in [0.25, 0.3) is 22.5 Å². The van der Waals surface area contributed by atoms with Crippen molar-refractivity contribution in [1.29, 1.82) is 0 Å². The number of nitrogens with one attached hydrogen (secondary N) is 1. The summed E-state index contributed by atoms with van der Waals surface area (Å²) in [6, 6.07) is 28.4. The van der Waals surface area contributed by atoms with Gasteiger partial charge in [0.1, 0.15) is 0 Å². The predicted octanol–water partition coefficient (Wildman–Crippen LogP) is 7.08. The molecule has 6 heteroatoms. The first-order valence-corrected chi connectivity index (χ1v) is 12.7. The topological polar surface area (TPSA) is 46.9 Å². The molecule has 0 atom stereocenters. The van der Waals surface area contributed by atoms with Crippen molar-refractivity contribution in [1.82, 2.24) is 14.9 Å². The Labute approximate surface area is 207 Å². The molecule has 4 nitrogen and oxygen atoms in total. The fourth-order valence-corrected chi connectivity index (χ4v) is 5.08. The summed E-state index contributed by atoms with van der Waals surface area (Å²) in [5, 5.41) is 3.97. The minimum absolute atomic E-state index is 0.0703. The van der Waals surface area contributed by atoms with Crippen molar-refractivity contribution in [2.45, 2.75) is 25.0 Å². The van der Waals surface area contributed by atoms with Crippen LogP contribution >= 0.6 is 27.7 Å². The summed E-state index contributed by atoms with van der Waals surface area (Å²) in [6.07, 6.45) is 0. The zero-order valence-corrected chi connectivity index (χ0v) is 21.1. The number of thioether (sulfide) groups is 1. The molecule has 3 aromatic carbocycles. The molecule has 0 radical (unpaired) electrons. The molecule has 1 aromatic heterocycles. The number of hydrogen-bond acceptors (Lipinski definition) is 3. The van der Waals surface area contributed by atoms with E-state index < -0.39 is 0 Å². The highest BCUT2D eigenvalue weighted by Crippen LogP contribution is 2.37. The third-order valence-electron chi connectivity index (χ3n) is 5.20. The van der Waals surface area contributed by atoms with Crippen LogP contribution in [0.4, 0.5) is 0 Å². The quantitative estimate of drug-likeness (QED) is 0.199. The maximum Gasteiger partial charge on any atom is 0.251 e. The largest absolute Gasteiger partial charge is 0.351 e. The molecule has 0 saturated carbocycles. The molecule has 1 N–H and O–H groups in total. The summed E-state index contributed by atoms with van der Waals surface area (Å²) < 4.78 is 3.20. The minimum Gasteiger partial charge on any atom is -0.351 e. The maximum absolute atomic E-state index is 12.4. The third kappa shape index (κ3) is 5.57. The van der Waals surface area contributed by atoms with E-state index in [0.29, 0.717) is 12.1 Å². The molecule has 0 fully saturated rings. The van der Waals surface area contributed by atoms with Crippen LogP contribution in [0, 0.1) is 0 Å². The number of aromatic nitrogens is 2. The number of nitrogens with zero attached hydrogens (tertiary/aromatic N) is 2. The molecule has 0 bridgehead atoms. The fourth-order valence-electron chi connectivity index (χ4n) is 3.70. The number of hydrogen-bond donors (Lipinski definition) is 1. The Balaban J connectivity index is 1.58. The Morgan fingerprint density at radius 3 is 2.27 bits per heavy atom. The number of carbonyl (C=O) groups excluding carboxylic acids is 1. The predicted molar refractivity (Wildman–Crippen MR) is 141 cm³/mol. The van der Waals surface area contributed by atoms with Crippen molar-refractivity contribution in [2.75, 3.05) is 12.3 Å². The molecule has 4 rings (SSSR count). The van der Waals surface area contributed by atoms with Gasteiger partial charge in [0.15, 0.2) is 5.16 Å². The van der Waals surface area contributed by atoms with Crippen LogP contribution in [0.1, 0.15) is 30.2 Å². The van der Waals surface area contributed by atoms with Gasteiger partial charge in [0.25, 0.3) is 5.91 Å². The van der Waals surface area contributed by atoms with Gasteiger partial charge in [0, 0.05) is 39.5 Å². The highest BCUT2D eigenvalue weighted by atomic mass is 79.9. The summed E-state index contributed by atoms with van der Waals surface area (Å²) >= 11 is 5.08. The van der Waals surface area contributed by atoms with Crippen LogP contribution in [0.3, 0.4) is 0 Å². The number of benzene rings is 3. The Hall–Kier alpha value is -2.83. The highest BCUT2D eigenvalue weighted by Gasteiger charge is 2.22. The van der Waals surface area contributed by atoms with Gasteiger partial charge in [0.2, 0.25) is 0 Å². The van der Waals surface area contributed by atoms with E-state index in [4.69, 9.17) is 4.98 Å². The second-order valence-corrected chi connectivity index (χ2v) is 9.88. The molecule has 33 heavy (non-hydrogen) atoms. The van der Waals surface area contributed by atoms with Crippen molar-refractivity contribution >= 4 is 33.6 Å². The summed E-state index contributed by atoms with van der Waals surface area (Å²) in [4.78, 5) is 17.5. The molecule has 0 aliphatic heterocycles. The van der Waals surface area contributed by atoms with Gasteiger partial charge in [-0.25, -0.2) is 4.98 Å². The normalized spacial score (nSPS) is 11.0. The van der Waals surface area contributed by atoms with E-state index in [9.17, 15) is 4.79 Å². The first kappa shape index (κ1) is 23.3. The number of amides is 1. The lowest BCUT2D eigenvalue weighted by Crippen LogP contribution is -2.25. The van der Waals surface area contributed by atoms with E-state index in [0.717, 1.165) is 37.9 Å². The van der Waals surface area contributed by atoms with Gasteiger partial charge in [-0.3, -0.25) is 4.79 Å². The maximum atomic E-state index is 12.4. The number of rotatable bonds is 8. The average molecular weight is 520 g/mol. The van der Waals surface area contributed by atoms with Crippen LogP contribution in [0.2, 0.25) is 0 Å². The lowest BCUT2D eigenvalue weighted by molar-refractivity contribution is 0.0956. The van der Waals surface area contributed by atoms with Gasteiger partial charge >= 0.3 is 0 Å². The second kappa shape index (κ2) is 10.9. The summed E-state index contributed by atoms with van der Waals surface area (Å²) in [5.74, 6) is 0.658. The van der Waals surface area contributed by atoms with E-state index in [1.807, 2.05) is 48.5 Å². The first-order valence-electron chi connectivity index (χ1n) is 10.9. The van der Waals surface area contributed by atoms with Crippen LogP contribution in [0.15, 0.2) is 94.6 Å². The first-order chi connectivity index (χ1) is 16.0. The molecule has 4 aromatic rings. The molecule has 0 aliphatic carbocycles. The molecular weight excluding hydrogens is 494 g/mol. The number of carbonyl (C=O) groups is 1. The lowest BCUT2D eigenvalue weighted by Gasteiger charge is -2.16. The second-order valence-electron chi connectivity index (χ2n) is 7.90. The molecule has 0 aliphatic rings. The molecule has 1 heterocycles. The van der Waals surface area contributed by atoms with Crippen LogP contribution in [-0.2, 0) is 0 Å². The van der Waals surface area contributed by atoms with Gasteiger partial charge < -0.3 is 9.88 Å². The smallest absolute Gasteiger partial charge is 0.251 e. The zero-order chi connectivity index (χ0) is 23.2. The van der Waals surface area contributed by atoms with Crippen LogP contribution < -0.4 is 5.32 Å². The van der Waals surface area contributed by atoms with E-state index in [1.54, 1.807) is 11.8 Å². The summed E-state index contributed by atoms with van der Waals surface area (Å²) in [6.45, 7) is 4.92. The average Bonchev–Trinajstić information content (AvgIpc) is 3.22. The number of imidazole rings is 1. The minimum atomic E-state index is -0.0703. The Bertz CT molecular complexity index is 1220. The van der Waals surface area contributed by atoms with Crippen molar-refractivity contribution < 1.29 is 4.79 Å². The summed E-state index contributed by atoms with van der Waals surface area (Å²) in [5.41, 5.74) is 5.00. The number of halogens is 1. The van der Waals surface area contributed by atoms with E-state index >= 15 is 0 Å². The van der Waals surface area contributed by atoms with Gasteiger partial charge in [0.05, 0.1) is 11.4 Å². The molecule has 168 valence electrons. The Morgan fingerprint density at radius 1 is 0.970 bits per heavy atom. The molecule has 0 saturated heterocycles. The van der Waals surface area contributed by atoms with Gasteiger partial charge in [-0.05, 0) is 32.0 Å². The Morgan fingerprint density at radius 2 is 1.64 bits per heavy atom. The molecular formula is C27H26BrN3OS. The van der Waals surface area contributed by atoms with Gasteiger partial charge in [-0.15, -0.1) is 0 Å². The standard InChI is InChI=1S/C27H26BrN3OS/c1-19(2)31-25(21-12-7-4-8-13-21)24(20-10-5-3-6-11-20)30-27(31)33-17-16-29-26(32)22-14-9-15-23(28)18-22/h3-15,18-19H,16-17H2,1-2H3,(H,29,32). The SMILES string of the molecule is CC(C)n1c(SCCNC(=O)c2cccc(Br)c2)nc(-c2ccccc2)c1-c1ccccc1. The third-order valence-corrected chi connectivity index (χ3v) is 6.64. The van der Waals surface area contributed by atoms with Crippen molar-refractivity contribution in [2.24, 2.45) is 0 Å². The molecule has 1 amide bonds. The molecule has 0 unspecified atom stereocenters. The Kier molecular flexibility index (Phi) is 7.68. The van der Waals surface area contributed by atoms with Gasteiger partial charge in [-0.1, -0.05) is 94.4 Å². The van der Waals surface area contributed by atoms with E-state index in [-0.39, 0.29) is 11.9 Å². The zero-order valence-electron chi connectivity index (χ0n) is 18.7. The molecule has 0 spiro atoms. The fraction of sp³-hybridized carbons (Fsp3) is 0.185. The highest BCUT2D eigenvalue weighted by molar-refractivity contribution is 9.10. The van der Waals surface area contributed by atoms with Crippen molar-refractivity contribution in [3.63, 3.8) is 0 Å². The van der Waals surface area contributed by atoms with E-state index in [2.05, 4.69) is 76.1 Å². The van der Waals surface area contributed by atoms with Crippen molar-refractivity contribution in [3.05, 3.63) is 95.0 Å². The van der Waals surface area contributed by atoms with Crippen LogP contribution in [0.5, 0.6) is 0 Å². The van der Waals surface area contributed by atoms with E-state index in [1.165, 1.54) is 0 Å². The van der Waals surface area contributed by atoms with Crippen LogP contribution in [-0.4, -0.2) is 27.8 Å². The lowest BCUT2D eigenvalue weighted by atomic mass is 10.0. The monoisotopic (exact) mass is 519 g/mol. The van der Waals surface area contributed by atoms with Gasteiger partial charge in [-0.2, -0.15) is 0 Å².